The largest absolute Gasteiger partial charge is 0.377 e. The Labute approximate surface area is 84.3 Å². The van der Waals surface area contributed by atoms with Gasteiger partial charge in [0.05, 0.1) is 0 Å². The molecule has 1 aromatic carbocycles. The fourth-order valence-corrected chi connectivity index (χ4v) is 0.847. The SMILES string of the molecule is CC(=O)NOc1ccc(N=O)cc1N=O. The second kappa shape index (κ2) is 4.80. The highest BCUT2D eigenvalue weighted by Gasteiger charge is 2.07. The summed E-state index contributed by atoms with van der Waals surface area (Å²) >= 11 is 0. The van der Waals surface area contributed by atoms with Crippen molar-refractivity contribution in [3.63, 3.8) is 0 Å². The molecule has 1 rings (SSSR count). The zero-order valence-corrected chi connectivity index (χ0v) is 7.76. The fraction of sp³-hybridized carbons (Fsp3) is 0.125. The first-order valence-electron chi connectivity index (χ1n) is 3.91. The summed E-state index contributed by atoms with van der Waals surface area (Å²) in [6, 6.07) is 3.79. The van der Waals surface area contributed by atoms with Gasteiger partial charge < -0.3 is 4.84 Å². The van der Waals surface area contributed by atoms with Gasteiger partial charge in [0.25, 0.3) is 0 Å². The van der Waals surface area contributed by atoms with Gasteiger partial charge in [0, 0.05) is 13.0 Å². The molecule has 0 bridgehead atoms. The number of hydrogen-bond acceptors (Lipinski definition) is 6. The molecule has 78 valence electrons. The number of nitrogens with zero attached hydrogens (tertiary/aromatic N) is 2. The van der Waals surface area contributed by atoms with Gasteiger partial charge >= 0.3 is 0 Å². The number of hydroxylamine groups is 1. The van der Waals surface area contributed by atoms with Gasteiger partial charge in [-0.25, -0.2) is 0 Å². The van der Waals surface area contributed by atoms with Crippen LogP contribution in [-0.2, 0) is 4.79 Å². The lowest BCUT2D eigenvalue weighted by atomic mass is 10.2. The van der Waals surface area contributed by atoms with Gasteiger partial charge in [-0.2, -0.15) is 5.48 Å². The van der Waals surface area contributed by atoms with Gasteiger partial charge in [-0.05, 0) is 22.5 Å². The average molecular weight is 209 g/mol. The van der Waals surface area contributed by atoms with Crippen LogP contribution in [0.15, 0.2) is 28.6 Å². The van der Waals surface area contributed by atoms with E-state index >= 15 is 0 Å². The van der Waals surface area contributed by atoms with Crippen molar-refractivity contribution in [2.75, 3.05) is 0 Å². The highest BCUT2D eigenvalue weighted by Crippen LogP contribution is 2.31. The molecule has 0 aliphatic heterocycles. The van der Waals surface area contributed by atoms with E-state index < -0.39 is 5.91 Å². The van der Waals surface area contributed by atoms with Gasteiger partial charge in [-0.15, -0.1) is 9.81 Å². The molecule has 7 nitrogen and oxygen atoms in total. The van der Waals surface area contributed by atoms with E-state index in [1.54, 1.807) is 0 Å². The van der Waals surface area contributed by atoms with Crippen LogP contribution in [0.2, 0.25) is 0 Å². The van der Waals surface area contributed by atoms with Crippen LogP contribution in [-0.4, -0.2) is 5.91 Å². The van der Waals surface area contributed by atoms with Crippen molar-refractivity contribution in [2.45, 2.75) is 6.92 Å². The lowest BCUT2D eigenvalue weighted by Gasteiger charge is -2.05. The summed E-state index contributed by atoms with van der Waals surface area (Å²) in [7, 11) is 0. The standard InChI is InChI=1S/C8H7N3O4/c1-5(12)11-15-8-3-2-6(9-13)4-7(8)10-14/h2-4H,1H3,(H,11,12). The molecule has 7 heteroatoms. The molecule has 0 unspecified atom stereocenters. The van der Waals surface area contributed by atoms with Crippen LogP contribution in [0.1, 0.15) is 6.92 Å². The Kier molecular flexibility index (Phi) is 3.44. The Morgan fingerprint density at radius 2 is 2.07 bits per heavy atom. The van der Waals surface area contributed by atoms with Crippen LogP contribution < -0.4 is 10.3 Å². The normalized spacial score (nSPS) is 9.13. The maximum Gasteiger partial charge on any atom is 0.249 e. The van der Waals surface area contributed by atoms with E-state index in [2.05, 4.69) is 10.4 Å². The number of carbonyl (C=O) groups is 1. The van der Waals surface area contributed by atoms with E-state index in [0.717, 1.165) is 6.07 Å². The van der Waals surface area contributed by atoms with E-state index in [9.17, 15) is 14.6 Å². The predicted molar refractivity (Wildman–Crippen MR) is 51.8 cm³/mol. The molecule has 0 aromatic heterocycles. The molecule has 0 aliphatic carbocycles. The van der Waals surface area contributed by atoms with Gasteiger partial charge in [0.1, 0.15) is 5.69 Å². The lowest BCUT2D eigenvalue weighted by Crippen LogP contribution is -2.23. The minimum absolute atomic E-state index is 0.0487. The Bertz CT molecular complexity index is 405. The highest BCUT2D eigenvalue weighted by molar-refractivity contribution is 5.72. The molecule has 0 aliphatic rings. The van der Waals surface area contributed by atoms with Crippen molar-refractivity contribution in [2.24, 2.45) is 10.4 Å². The second-order valence-corrected chi connectivity index (χ2v) is 2.59. The maximum absolute atomic E-state index is 10.5. The first-order chi connectivity index (χ1) is 7.17. The third-order valence-corrected chi connectivity index (χ3v) is 1.45. The summed E-state index contributed by atoms with van der Waals surface area (Å²) in [5.74, 6) is -0.378. The van der Waals surface area contributed by atoms with E-state index in [0.29, 0.717) is 0 Å². The Morgan fingerprint density at radius 1 is 1.33 bits per heavy atom. The smallest absolute Gasteiger partial charge is 0.249 e. The highest BCUT2D eigenvalue weighted by atomic mass is 16.7. The number of carbonyl (C=O) groups excluding carboxylic acids is 1. The van der Waals surface area contributed by atoms with E-state index in [1.165, 1.54) is 19.1 Å². The molecule has 0 saturated heterocycles. The molecule has 15 heavy (non-hydrogen) atoms. The molecule has 0 heterocycles. The lowest BCUT2D eigenvalue weighted by molar-refractivity contribution is -0.125. The van der Waals surface area contributed by atoms with Gasteiger partial charge in [-0.3, -0.25) is 4.79 Å². The fourth-order valence-electron chi connectivity index (χ4n) is 0.847. The summed E-state index contributed by atoms with van der Waals surface area (Å²) in [4.78, 5) is 35.8. The number of amides is 1. The van der Waals surface area contributed by atoms with Crippen LogP contribution in [0.4, 0.5) is 11.4 Å². The summed E-state index contributed by atoms with van der Waals surface area (Å²) in [6.07, 6.45) is 0. The van der Waals surface area contributed by atoms with Crippen molar-refractivity contribution in [1.29, 1.82) is 0 Å². The third kappa shape index (κ3) is 2.83. The quantitative estimate of drug-likeness (QED) is 0.604. The first-order valence-corrected chi connectivity index (χ1v) is 3.91. The number of benzene rings is 1. The number of rotatable bonds is 4. The van der Waals surface area contributed by atoms with Crippen LogP contribution in [0.25, 0.3) is 0 Å². The monoisotopic (exact) mass is 209 g/mol. The van der Waals surface area contributed by atoms with Crippen molar-refractivity contribution >= 4 is 17.3 Å². The van der Waals surface area contributed by atoms with Crippen molar-refractivity contribution in [1.82, 2.24) is 5.48 Å². The average Bonchev–Trinajstić information content (AvgIpc) is 2.25. The third-order valence-electron chi connectivity index (χ3n) is 1.45. The van der Waals surface area contributed by atoms with E-state index in [-0.39, 0.29) is 17.1 Å². The molecule has 1 aromatic rings. The van der Waals surface area contributed by atoms with Gasteiger partial charge in [0.2, 0.25) is 5.91 Å². The molecular weight excluding hydrogens is 202 g/mol. The second-order valence-electron chi connectivity index (χ2n) is 2.59. The maximum atomic E-state index is 10.5. The Balaban J connectivity index is 2.92. The van der Waals surface area contributed by atoms with E-state index in [1.807, 2.05) is 5.48 Å². The molecule has 0 fully saturated rings. The Morgan fingerprint density at radius 3 is 2.60 bits per heavy atom. The zero-order chi connectivity index (χ0) is 11.3. The van der Waals surface area contributed by atoms with Gasteiger partial charge in [-0.1, -0.05) is 0 Å². The predicted octanol–water partition coefficient (Wildman–Crippen LogP) is 1.91. The zero-order valence-electron chi connectivity index (χ0n) is 7.76. The van der Waals surface area contributed by atoms with Crippen LogP contribution in [0, 0.1) is 9.81 Å². The Hall–Kier alpha value is -2.31. The summed E-state index contributed by atoms with van der Waals surface area (Å²) in [5.41, 5.74) is 1.97. The first kappa shape index (κ1) is 10.8. The minimum atomic E-state index is -0.426. The number of hydrogen-bond donors (Lipinski definition) is 1. The van der Waals surface area contributed by atoms with Gasteiger partial charge in [0.15, 0.2) is 11.4 Å². The van der Waals surface area contributed by atoms with Crippen molar-refractivity contribution < 1.29 is 9.63 Å². The van der Waals surface area contributed by atoms with E-state index in [4.69, 9.17) is 4.84 Å². The molecule has 1 amide bonds. The molecular formula is C8H7N3O4. The molecule has 0 saturated carbocycles. The summed E-state index contributed by atoms with van der Waals surface area (Å²) in [6.45, 7) is 1.25. The summed E-state index contributed by atoms with van der Waals surface area (Å²) in [5, 5.41) is 5.26. The number of nitroso groups, excluding NO2 is 2. The van der Waals surface area contributed by atoms with Crippen molar-refractivity contribution in [3.05, 3.63) is 28.0 Å². The van der Waals surface area contributed by atoms with Crippen LogP contribution in [0.3, 0.4) is 0 Å². The van der Waals surface area contributed by atoms with Crippen LogP contribution in [0.5, 0.6) is 5.75 Å². The topological polar surface area (TPSA) is 97.2 Å². The molecule has 0 atom stereocenters. The van der Waals surface area contributed by atoms with Crippen molar-refractivity contribution in [3.8, 4) is 5.75 Å². The summed E-state index contributed by atoms with van der Waals surface area (Å²) < 4.78 is 0. The molecule has 0 radical (unpaired) electrons. The number of nitrogens with one attached hydrogen (secondary N) is 1. The molecule has 0 spiro atoms. The van der Waals surface area contributed by atoms with Crippen LogP contribution >= 0.6 is 0 Å². The molecule has 1 N–H and O–H groups in total. The minimum Gasteiger partial charge on any atom is -0.377 e.